The van der Waals surface area contributed by atoms with Crippen molar-refractivity contribution in [3.63, 3.8) is 0 Å². The fourth-order valence-corrected chi connectivity index (χ4v) is 4.91. The maximum Gasteiger partial charge on any atom is 0.322 e. The lowest BCUT2D eigenvalue weighted by molar-refractivity contribution is 0.102. The molecule has 1 aromatic heterocycles. The van der Waals surface area contributed by atoms with Crippen molar-refractivity contribution in [2.75, 3.05) is 24.0 Å². The van der Waals surface area contributed by atoms with Gasteiger partial charge in [0.15, 0.2) is 11.5 Å². The average Bonchev–Trinajstić information content (AvgIpc) is 3.55. The molecule has 3 amide bonds. The van der Waals surface area contributed by atoms with Crippen molar-refractivity contribution < 1.29 is 19.1 Å². The third kappa shape index (κ3) is 4.34. The van der Waals surface area contributed by atoms with Crippen LogP contribution in [0.1, 0.15) is 44.8 Å². The number of rotatable bonds is 4. The Morgan fingerprint density at radius 1 is 1.06 bits per heavy atom. The molecule has 0 saturated carbocycles. The summed E-state index contributed by atoms with van der Waals surface area (Å²) < 4.78 is 10.6. The van der Waals surface area contributed by atoms with E-state index in [0.717, 1.165) is 29.7 Å². The van der Waals surface area contributed by atoms with Gasteiger partial charge in [-0.15, -0.1) is 10.2 Å². The number of aryl methyl sites for hydroxylation is 2. The molecular formula is C23H23N5O4S. The molecule has 170 valence electrons. The zero-order chi connectivity index (χ0) is 22.9. The summed E-state index contributed by atoms with van der Waals surface area (Å²) in [5.74, 6) is 0.871. The summed E-state index contributed by atoms with van der Waals surface area (Å²) >= 11 is 1.20. The lowest BCUT2D eigenvalue weighted by atomic mass is 10.1. The topological polar surface area (TPSA) is 106 Å². The first-order valence-corrected chi connectivity index (χ1v) is 11.5. The number of fused-ring (bicyclic) bond motifs is 1. The van der Waals surface area contributed by atoms with E-state index in [9.17, 15) is 9.59 Å². The summed E-state index contributed by atoms with van der Waals surface area (Å²) in [6.45, 7) is 4.78. The second-order valence-corrected chi connectivity index (χ2v) is 9.08. The van der Waals surface area contributed by atoms with E-state index in [1.807, 2.05) is 32.0 Å². The molecule has 33 heavy (non-hydrogen) atoms. The molecule has 1 atom stereocenters. The minimum atomic E-state index is -0.359. The maximum atomic E-state index is 13.0. The number of aromatic nitrogens is 2. The lowest BCUT2D eigenvalue weighted by Crippen LogP contribution is -2.34. The predicted octanol–water partition coefficient (Wildman–Crippen LogP) is 4.50. The van der Waals surface area contributed by atoms with E-state index < -0.39 is 0 Å². The van der Waals surface area contributed by atoms with Gasteiger partial charge in [-0.3, -0.25) is 4.79 Å². The zero-order valence-electron chi connectivity index (χ0n) is 18.3. The minimum Gasteiger partial charge on any atom is -0.454 e. The Labute approximate surface area is 194 Å². The van der Waals surface area contributed by atoms with Crippen LogP contribution in [0.3, 0.4) is 0 Å². The van der Waals surface area contributed by atoms with Crippen LogP contribution in [0, 0.1) is 13.8 Å². The molecule has 2 N–H and O–H groups in total. The number of hydrogen-bond donors (Lipinski definition) is 2. The number of benzene rings is 2. The van der Waals surface area contributed by atoms with E-state index in [0.29, 0.717) is 28.7 Å². The molecule has 0 spiro atoms. The van der Waals surface area contributed by atoms with Crippen LogP contribution in [0.25, 0.3) is 0 Å². The number of likely N-dealkylation sites (tertiary alicyclic amines) is 1. The fourth-order valence-electron chi connectivity index (χ4n) is 4.03. The van der Waals surface area contributed by atoms with Crippen LogP contribution in [-0.4, -0.2) is 40.4 Å². The van der Waals surface area contributed by atoms with E-state index >= 15 is 0 Å². The molecule has 1 fully saturated rings. The summed E-state index contributed by atoms with van der Waals surface area (Å²) in [4.78, 5) is 27.4. The van der Waals surface area contributed by atoms with Gasteiger partial charge in [-0.25, -0.2) is 4.79 Å². The molecule has 0 unspecified atom stereocenters. The summed E-state index contributed by atoms with van der Waals surface area (Å²) in [5.41, 5.74) is 3.52. The van der Waals surface area contributed by atoms with E-state index in [-0.39, 0.29) is 29.8 Å². The molecule has 3 heterocycles. The summed E-state index contributed by atoms with van der Waals surface area (Å²) in [7, 11) is 0. The Kier molecular flexibility index (Phi) is 5.59. The Balaban J connectivity index is 1.27. The molecule has 1 saturated heterocycles. The van der Waals surface area contributed by atoms with Gasteiger partial charge in [-0.2, -0.15) is 0 Å². The summed E-state index contributed by atoms with van der Waals surface area (Å²) in [6.07, 6.45) is 1.64. The van der Waals surface area contributed by atoms with Crippen LogP contribution >= 0.6 is 11.3 Å². The Bertz CT molecular complexity index is 1230. The third-order valence-electron chi connectivity index (χ3n) is 5.69. The molecule has 2 aromatic carbocycles. The highest BCUT2D eigenvalue weighted by molar-refractivity contribution is 7.13. The first kappa shape index (κ1) is 21.2. The molecule has 10 heteroatoms. The van der Waals surface area contributed by atoms with Crippen LogP contribution in [0.2, 0.25) is 0 Å². The highest BCUT2D eigenvalue weighted by Gasteiger charge is 2.33. The van der Waals surface area contributed by atoms with Crippen LogP contribution < -0.4 is 20.1 Å². The number of hydrogen-bond acceptors (Lipinski definition) is 7. The normalized spacial score (nSPS) is 16.7. The summed E-state index contributed by atoms with van der Waals surface area (Å²) in [6, 6.07) is 10.7. The van der Waals surface area contributed by atoms with Gasteiger partial charge in [0.25, 0.3) is 5.91 Å². The second-order valence-electron chi connectivity index (χ2n) is 8.07. The number of nitrogens with one attached hydrogen (secondary N) is 2. The third-order valence-corrected chi connectivity index (χ3v) is 6.71. The van der Waals surface area contributed by atoms with Crippen molar-refractivity contribution in [2.24, 2.45) is 0 Å². The van der Waals surface area contributed by atoms with E-state index in [1.165, 1.54) is 11.3 Å². The minimum absolute atomic E-state index is 0.168. The highest BCUT2D eigenvalue weighted by Crippen LogP contribution is 2.36. The quantitative estimate of drug-likeness (QED) is 0.588. The van der Waals surface area contributed by atoms with Gasteiger partial charge < -0.3 is 25.0 Å². The number of urea groups is 1. The number of nitrogens with zero attached hydrogens (tertiary/aromatic N) is 3. The number of carbonyl (C=O) groups excluding carboxylic acids is 2. The van der Waals surface area contributed by atoms with Gasteiger partial charge in [-0.1, -0.05) is 29.0 Å². The zero-order valence-corrected chi connectivity index (χ0v) is 19.1. The standard InChI is InChI=1S/C23H23N5O4S/c1-13-5-7-16(14(2)10-13)25-23(30)28-9-3-4-17(28)21-26-27-22(33-21)20(29)24-15-6-8-18-19(11-15)32-12-31-18/h5-8,10-11,17H,3-4,9,12H2,1-2H3,(H,24,29)(H,25,30)/t17-/m0/s1. The number of anilines is 2. The van der Waals surface area contributed by atoms with Crippen LogP contribution in [-0.2, 0) is 0 Å². The van der Waals surface area contributed by atoms with Crippen molar-refractivity contribution >= 4 is 34.6 Å². The molecular weight excluding hydrogens is 442 g/mol. The van der Waals surface area contributed by atoms with E-state index in [1.54, 1.807) is 23.1 Å². The molecule has 3 aromatic rings. The number of carbonyl (C=O) groups is 2. The molecule has 0 aliphatic carbocycles. The number of ether oxygens (including phenoxy) is 2. The smallest absolute Gasteiger partial charge is 0.322 e. The van der Waals surface area contributed by atoms with Crippen molar-refractivity contribution in [1.29, 1.82) is 0 Å². The highest BCUT2D eigenvalue weighted by atomic mass is 32.1. The molecule has 2 aliphatic heterocycles. The van der Waals surface area contributed by atoms with Gasteiger partial charge in [0.2, 0.25) is 11.8 Å². The fraction of sp³-hybridized carbons (Fsp3) is 0.304. The van der Waals surface area contributed by atoms with Crippen LogP contribution in [0.5, 0.6) is 11.5 Å². The summed E-state index contributed by atoms with van der Waals surface area (Å²) in [5, 5.41) is 15.0. The van der Waals surface area contributed by atoms with Crippen LogP contribution in [0.15, 0.2) is 36.4 Å². The van der Waals surface area contributed by atoms with Crippen molar-refractivity contribution in [3.8, 4) is 11.5 Å². The van der Waals surface area contributed by atoms with Gasteiger partial charge in [-0.05, 0) is 50.5 Å². The monoisotopic (exact) mass is 465 g/mol. The molecule has 0 bridgehead atoms. The van der Waals surface area contributed by atoms with Crippen LogP contribution in [0.4, 0.5) is 16.2 Å². The largest absolute Gasteiger partial charge is 0.454 e. The van der Waals surface area contributed by atoms with Crippen molar-refractivity contribution in [1.82, 2.24) is 15.1 Å². The lowest BCUT2D eigenvalue weighted by Gasteiger charge is -2.23. The van der Waals surface area contributed by atoms with Crippen molar-refractivity contribution in [3.05, 3.63) is 57.5 Å². The first-order valence-electron chi connectivity index (χ1n) is 10.7. The molecule has 9 nitrogen and oxygen atoms in total. The molecule has 0 radical (unpaired) electrons. The van der Waals surface area contributed by atoms with Gasteiger partial charge in [0, 0.05) is 24.0 Å². The van der Waals surface area contributed by atoms with E-state index in [2.05, 4.69) is 20.8 Å². The SMILES string of the molecule is Cc1ccc(NC(=O)N2CCC[C@H]2c2nnc(C(=O)Nc3ccc4c(c3)OCO4)s2)c(C)c1. The number of amides is 3. The Morgan fingerprint density at radius 2 is 1.91 bits per heavy atom. The average molecular weight is 466 g/mol. The predicted molar refractivity (Wildman–Crippen MR) is 124 cm³/mol. The van der Waals surface area contributed by atoms with Gasteiger partial charge in [0.1, 0.15) is 5.01 Å². The van der Waals surface area contributed by atoms with Gasteiger partial charge in [0.05, 0.1) is 6.04 Å². The molecule has 5 rings (SSSR count). The Hall–Kier alpha value is -3.66. The molecule has 2 aliphatic rings. The van der Waals surface area contributed by atoms with Gasteiger partial charge >= 0.3 is 6.03 Å². The van der Waals surface area contributed by atoms with Crippen molar-refractivity contribution in [2.45, 2.75) is 32.7 Å². The van der Waals surface area contributed by atoms with E-state index in [4.69, 9.17) is 9.47 Å². The first-order chi connectivity index (χ1) is 16.0. The Morgan fingerprint density at radius 3 is 2.76 bits per heavy atom. The maximum absolute atomic E-state index is 13.0. The second kappa shape index (κ2) is 8.70.